The number of halogens is 1. The number of piperidine rings is 1. The number of carbonyl (C=O) groups excluding carboxylic acids is 2. The van der Waals surface area contributed by atoms with Crippen molar-refractivity contribution in [3.8, 4) is 5.69 Å². The Kier molecular flexibility index (Phi) is 9.51. The van der Waals surface area contributed by atoms with Gasteiger partial charge in [-0.25, -0.2) is 4.39 Å². The van der Waals surface area contributed by atoms with E-state index in [1.54, 1.807) is 25.1 Å². The number of ether oxygens (including phenoxy) is 1. The fourth-order valence-electron chi connectivity index (χ4n) is 6.98. The summed E-state index contributed by atoms with van der Waals surface area (Å²) in [5.74, 6) is 0.575. The number of rotatable bonds is 9. The molecular weight excluding hydrogens is 545 g/mol. The lowest BCUT2D eigenvalue weighted by atomic mass is 9.89. The van der Waals surface area contributed by atoms with Gasteiger partial charge < -0.3 is 24.0 Å². The molecule has 4 heterocycles. The Morgan fingerprint density at radius 3 is 2.56 bits per heavy atom. The van der Waals surface area contributed by atoms with Gasteiger partial charge in [-0.15, -0.1) is 0 Å². The van der Waals surface area contributed by atoms with Crippen LogP contribution in [-0.4, -0.2) is 95.1 Å². The summed E-state index contributed by atoms with van der Waals surface area (Å²) in [6.07, 6.45) is 10.0. The van der Waals surface area contributed by atoms with E-state index in [9.17, 15) is 14.0 Å². The van der Waals surface area contributed by atoms with Crippen LogP contribution in [0.2, 0.25) is 0 Å². The van der Waals surface area contributed by atoms with Crippen molar-refractivity contribution in [1.29, 1.82) is 0 Å². The highest BCUT2D eigenvalue weighted by atomic mass is 19.1. The smallest absolute Gasteiger partial charge is 0.256 e. The summed E-state index contributed by atoms with van der Waals surface area (Å²) in [5.41, 5.74) is 4.26. The SMILES string of the molecule is COCC(=O)N1CCC([C@H](C)N2CCC(Cc3cncc4c3c(C)cn4-c3ccc(F)cc3C(=O)N(C)C(C)C)C2)CC1. The van der Waals surface area contributed by atoms with Crippen LogP contribution in [0.1, 0.15) is 61.5 Å². The van der Waals surface area contributed by atoms with Crippen molar-refractivity contribution >= 4 is 22.7 Å². The largest absolute Gasteiger partial charge is 0.375 e. The molecule has 2 aliphatic heterocycles. The first kappa shape index (κ1) is 31.1. The van der Waals surface area contributed by atoms with E-state index in [1.165, 1.54) is 17.7 Å². The summed E-state index contributed by atoms with van der Waals surface area (Å²) in [6.45, 7) is 12.3. The van der Waals surface area contributed by atoms with Crippen molar-refractivity contribution in [2.45, 2.75) is 65.5 Å². The number of hydrogen-bond acceptors (Lipinski definition) is 5. The van der Waals surface area contributed by atoms with Crippen LogP contribution in [-0.2, 0) is 16.0 Å². The van der Waals surface area contributed by atoms with E-state index in [1.807, 2.05) is 41.9 Å². The Morgan fingerprint density at radius 1 is 1.12 bits per heavy atom. The molecule has 1 unspecified atom stereocenters. The maximum absolute atomic E-state index is 14.4. The lowest BCUT2D eigenvalue weighted by Gasteiger charge is -2.38. The fraction of sp³-hybridized carbons (Fsp3) is 0.559. The maximum Gasteiger partial charge on any atom is 0.256 e. The minimum atomic E-state index is -0.429. The van der Waals surface area contributed by atoms with Crippen LogP contribution < -0.4 is 0 Å². The van der Waals surface area contributed by atoms with Gasteiger partial charge >= 0.3 is 0 Å². The lowest BCUT2D eigenvalue weighted by Crippen LogP contribution is -2.46. The van der Waals surface area contributed by atoms with E-state index in [0.29, 0.717) is 29.1 Å². The number of amides is 2. The van der Waals surface area contributed by atoms with Crippen LogP contribution in [0.4, 0.5) is 4.39 Å². The summed E-state index contributed by atoms with van der Waals surface area (Å²) < 4.78 is 21.4. The predicted octanol–water partition coefficient (Wildman–Crippen LogP) is 5.09. The number of aryl methyl sites for hydroxylation is 1. The third-order valence-electron chi connectivity index (χ3n) is 9.77. The molecule has 232 valence electrons. The van der Waals surface area contributed by atoms with Crippen molar-refractivity contribution in [2.24, 2.45) is 11.8 Å². The molecule has 2 amide bonds. The minimum Gasteiger partial charge on any atom is -0.375 e. The third-order valence-corrected chi connectivity index (χ3v) is 9.77. The summed E-state index contributed by atoms with van der Waals surface area (Å²) in [7, 11) is 3.32. The number of aromatic nitrogens is 2. The summed E-state index contributed by atoms with van der Waals surface area (Å²) >= 11 is 0. The topological polar surface area (TPSA) is 70.9 Å². The molecule has 5 rings (SSSR count). The fourth-order valence-corrected chi connectivity index (χ4v) is 6.98. The summed E-state index contributed by atoms with van der Waals surface area (Å²) in [6, 6.07) is 4.92. The van der Waals surface area contributed by atoms with Gasteiger partial charge in [0.2, 0.25) is 5.91 Å². The zero-order chi connectivity index (χ0) is 30.8. The third kappa shape index (κ3) is 6.48. The Labute approximate surface area is 254 Å². The Bertz CT molecular complexity index is 1460. The molecule has 0 saturated carbocycles. The van der Waals surface area contributed by atoms with Gasteiger partial charge in [-0.2, -0.15) is 0 Å². The number of nitrogens with zero attached hydrogens (tertiary/aromatic N) is 5. The van der Waals surface area contributed by atoms with Gasteiger partial charge in [-0.05, 0) is 101 Å². The van der Waals surface area contributed by atoms with Crippen molar-refractivity contribution in [1.82, 2.24) is 24.3 Å². The standard InChI is InChI=1S/C34H46FN5O3/c1-22(2)37(5)34(42)29-16-28(35)7-8-30(29)40-19-23(3)33-27(17-36-18-31(33)40)15-25-9-12-39(20-25)24(4)26-10-13-38(14-11-26)32(41)21-43-6/h7-8,16-19,22,24-26H,9-15,20-21H2,1-6H3/t24-,25?/m0/s1. The van der Waals surface area contributed by atoms with Crippen molar-refractivity contribution in [2.75, 3.05) is 46.9 Å². The highest BCUT2D eigenvalue weighted by Gasteiger charge is 2.33. The number of methoxy groups -OCH3 is 1. The molecule has 1 aromatic carbocycles. The van der Waals surface area contributed by atoms with E-state index in [0.717, 1.165) is 68.3 Å². The van der Waals surface area contributed by atoms with Gasteiger partial charge in [0.15, 0.2) is 0 Å². The second-order valence-electron chi connectivity index (χ2n) is 12.8. The zero-order valence-electron chi connectivity index (χ0n) is 26.5. The quantitative estimate of drug-likeness (QED) is 0.347. The molecule has 2 aliphatic rings. The number of benzene rings is 1. The predicted molar refractivity (Wildman–Crippen MR) is 167 cm³/mol. The molecule has 0 N–H and O–H groups in total. The Hall–Kier alpha value is -3.30. The van der Waals surface area contributed by atoms with E-state index < -0.39 is 5.82 Å². The molecule has 2 atom stereocenters. The van der Waals surface area contributed by atoms with E-state index >= 15 is 0 Å². The van der Waals surface area contributed by atoms with E-state index in [-0.39, 0.29) is 24.5 Å². The first-order valence-electron chi connectivity index (χ1n) is 15.6. The van der Waals surface area contributed by atoms with Crippen molar-refractivity contribution < 1.29 is 18.7 Å². The average Bonchev–Trinajstić information content (AvgIpc) is 3.60. The highest BCUT2D eigenvalue weighted by Crippen LogP contribution is 2.33. The average molecular weight is 592 g/mol. The molecule has 8 nitrogen and oxygen atoms in total. The first-order valence-corrected chi connectivity index (χ1v) is 15.6. The molecule has 43 heavy (non-hydrogen) atoms. The van der Waals surface area contributed by atoms with Crippen LogP contribution in [0.3, 0.4) is 0 Å². The molecule has 2 fully saturated rings. The number of pyridine rings is 1. The number of fused-ring (bicyclic) bond motifs is 1. The van der Waals surface area contributed by atoms with Gasteiger partial charge in [0.25, 0.3) is 5.91 Å². The van der Waals surface area contributed by atoms with Gasteiger partial charge in [-0.3, -0.25) is 14.6 Å². The monoisotopic (exact) mass is 591 g/mol. The van der Waals surface area contributed by atoms with Crippen LogP contribution in [0, 0.1) is 24.6 Å². The van der Waals surface area contributed by atoms with Gasteiger partial charge in [0, 0.05) is 63.7 Å². The van der Waals surface area contributed by atoms with Gasteiger partial charge in [-0.1, -0.05) is 0 Å². The van der Waals surface area contributed by atoms with Gasteiger partial charge in [0.05, 0.1) is 23.0 Å². The minimum absolute atomic E-state index is 0.00775. The summed E-state index contributed by atoms with van der Waals surface area (Å²) in [5, 5.41) is 1.16. The first-order chi connectivity index (χ1) is 20.6. The molecule has 9 heteroatoms. The second kappa shape index (κ2) is 13.1. The van der Waals surface area contributed by atoms with Crippen LogP contribution in [0.5, 0.6) is 0 Å². The van der Waals surface area contributed by atoms with Gasteiger partial charge in [0.1, 0.15) is 12.4 Å². The van der Waals surface area contributed by atoms with Crippen molar-refractivity contribution in [3.05, 3.63) is 59.3 Å². The molecule has 0 bridgehead atoms. The number of hydrogen-bond donors (Lipinski definition) is 0. The molecular formula is C34H46FN5O3. The van der Waals surface area contributed by atoms with E-state index in [2.05, 4.69) is 23.7 Å². The number of carbonyl (C=O) groups is 2. The van der Waals surface area contributed by atoms with Crippen LogP contribution in [0.15, 0.2) is 36.8 Å². The number of likely N-dealkylation sites (tertiary alicyclic amines) is 2. The molecule has 2 aromatic heterocycles. The molecule has 3 aromatic rings. The zero-order valence-corrected chi connectivity index (χ0v) is 26.5. The molecule has 0 radical (unpaired) electrons. The van der Waals surface area contributed by atoms with Crippen molar-refractivity contribution in [3.63, 3.8) is 0 Å². The normalized spacial score (nSPS) is 19.0. The lowest BCUT2D eigenvalue weighted by molar-refractivity contribution is -0.136. The second-order valence-corrected chi connectivity index (χ2v) is 12.8. The Balaban J connectivity index is 1.32. The van der Waals surface area contributed by atoms with E-state index in [4.69, 9.17) is 4.74 Å². The Morgan fingerprint density at radius 2 is 1.86 bits per heavy atom. The highest BCUT2D eigenvalue weighted by molar-refractivity contribution is 5.99. The molecule has 0 spiro atoms. The summed E-state index contributed by atoms with van der Waals surface area (Å²) in [4.78, 5) is 36.4. The molecule has 0 aliphatic carbocycles. The maximum atomic E-state index is 14.4. The van der Waals surface area contributed by atoms with Crippen LogP contribution >= 0.6 is 0 Å². The molecule has 2 saturated heterocycles. The van der Waals surface area contributed by atoms with Crippen LogP contribution in [0.25, 0.3) is 16.6 Å².